The zero-order chi connectivity index (χ0) is 21.5. The van der Waals surface area contributed by atoms with Crippen LogP contribution < -0.4 is 9.47 Å². The molecule has 5 rings (SSSR count). The number of para-hydroxylation sites is 1. The van der Waals surface area contributed by atoms with E-state index in [0.29, 0.717) is 17.9 Å². The van der Waals surface area contributed by atoms with Gasteiger partial charge in [-0.3, -0.25) is 0 Å². The number of hydrogen-bond acceptors (Lipinski definition) is 6. The number of aromatic amines is 1. The van der Waals surface area contributed by atoms with Crippen LogP contribution >= 0.6 is 11.8 Å². The molecule has 2 aromatic heterocycles. The van der Waals surface area contributed by atoms with E-state index in [4.69, 9.17) is 14.6 Å². The molecular formula is C23H23N5O2S. The molecule has 3 heterocycles. The summed E-state index contributed by atoms with van der Waals surface area (Å²) >= 11 is 1.68. The number of fused-ring (bicyclic) bond motifs is 2. The Bertz CT molecular complexity index is 1310. The Balaban J connectivity index is 1.56. The number of nitrogens with zero attached hydrogens (tertiary/aromatic N) is 4. The van der Waals surface area contributed by atoms with Crippen LogP contribution in [0.25, 0.3) is 10.9 Å². The minimum Gasteiger partial charge on any atom is -0.493 e. The van der Waals surface area contributed by atoms with E-state index >= 15 is 0 Å². The number of H-pyrrole nitrogens is 1. The SMILES string of the molecule is COc1ccc(Cc2nnc3n2N=C(c2c(C)[nH]c4ccccc24)C(C)S3)cc1OC. The Labute approximate surface area is 184 Å². The van der Waals surface area contributed by atoms with E-state index in [9.17, 15) is 0 Å². The van der Waals surface area contributed by atoms with E-state index < -0.39 is 0 Å². The second-order valence-corrected chi connectivity index (χ2v) is 8.80. The van der Waals surface area contributed by atoms with E-state index in [1.165, 1.54) is 5.39 Å². The predicted octanol–water partition coefficient (Wildman–Crippen LogP) is 4.42. The van der Waals surface area contributed by atoms with Crippen molar-refractivity contribution >= 4 is 28.4 Å². The van der Waals surface area contributed by atoms with Gasteiger partial charge in [0.2, 0.25) is 5.16 Å². The lowest BCUT2D eigenvalue weighted by Crippen LogP contribution is -2.22. The topological polar surface area (TPSA) is 77.3 Å². The minimum absolute atomic E-state index is 0.170. The number of methoxy groups -OCH3 is 2. The van der Waals surface area contributed by atoms with Gasteiger partial charge in [0.15, 0.2) is 17.3 Å². The van der Waals surface area contributed by atoms with Gasteiger partial charge in [0.25, 0.3) is 0 Å². The second kappa shape index (κ2) is 7.77. The number of aromatic nitrogens is 4. The van der Waals surface area contributed by atoms with Crippen LogP contribution in [0, 0.1) is 6.92 Å². The molecule has 0 fully saturated rings. The largest absolute Gasteiger partial charge is 0.493 e. The number of aryl methyl sites for hydroxylation is 1. The van der Waals surface area contributed by atoms with Crippen molar-refractivity contribution in [3.05, 3.63) is 65.1 Å². The van der Waals surface area contributed by atoms with Gasteiger partial charge in [-0.05, 0) is 37.6 Å². The fourth-order valence-electron chi connectivity index (χ4n) is 4.02. The highest BCUT2D eigenvalue weighted by Gasteiger charge is 2.28. The Morgan fingerprint density at radius 1 is 1.06 bits per heavy atom. The van der Waals surface area contributed by atoms with Crippen molar-refractivity contribution in [1.29, 1.82) is 0 Å². The van der Waals surface area contributed by atoms with Gasteiger partial charge in [-0.15, -0.1) is 10.2 Å². The van der Waals surface area contributed by atoms with Crippen LogP contribution in [0.15, 0.2) is 52.7 Å². The van der Waals surface area contributed by atoms with E-state index in [0.717, 1.165) is 39.0 Å². The normalized spacial score (nSPS) is 15.6. The lowest BCUT2D eigenvalue weighted by Gasteiger charge is -2.20. The van der Waals surface area contributed by atoms with E-state index in [1.54, 1.807) is 26.0 Å². The van der Waals surface area contributed by atoms with Crippen molar-refractivity contribution in [2.75, 3.05) is 14.2 Å². The van der Waals surface area contributed by atoms with Crippen molar-refractivity contribution in [3.63, 3.8) is 0 Å². The molecule has 2 aromatic carbocycles. The first-order chi connectivity index (χ1) is 15.1. The average Bonchev–Trinajstić information content (AvgIpc) is 3.32. The maximum atomic E-state index is 5.44. The molecule has 0 spiro atoms. The molecule has 0 saturated heterocycles. The summed E-state index contributed by atoms with van der Waals surface area (Å²) in [4.78, 5) is 3.48. The second-order valence-electron chi connectivity index (χ2n) is 7.49. The molecule has 0 aliphatic carbocycles. The third kappa shape index (κ3) is 3.37. The molecule has 8 heteroatoms. The number of hydrogen-bond donors (Lipinski definition) is 1. The van der Waals surface area contributed by atoms with Crippen molar-refractivity contribution in [3.8, 4) is 11.5 Å². The van der Waals surface area contributed by atoms with Crippen LogP contribution in [0.2, 0.25) is 0 Å². The summed E-state index contributed by atoms with van der Waals surface area (Å²) in [5.74, 6) is 2.19. The van der Waals surface area contributed by atoms with Crippen molar-refractivity contribution in [1.82, 2.24) is 19.9 Å². The first-order valence-corrected chi connectivity index (χ1v) is 11.0. The zero-order valence-corrected chi connectivity index (χ0v) is 18.7. The molecule has 7 nitrogen and oxygen atoms in total. The van der Waals surface area contributed by atoms with E-state index in [1.807, 2.05) is 28.9 Å². The first-order valence-electron chi connectivity index (χ1n) is 10.1. The lowest BCUT2D eigenvalue weighted by molar-refractivity contribution is 0.354. The summed E-state index contributed by atoms with van der Waals surface area (Å²) in [5, 5.41) is 16.0. The molecule has 1 N–H and O–H groups in total. The number of benzene rings is 2. The molecular weight excluding hydrogens is 410 g/mol. The van der Waals surface area contributed by atoms with E-state index in [2.05, 4.69) is 47.2 Å². The summed E-state index contributed by atoms with van der Waals surface area (Å²) < 4.78 is 12.7. The Kier molecular flexibility index (Phi) is 4.94. The van der Waals surface area contributed by atoms with Gasteiger partial charge in [0.1, 0.15) is 0 Å². The molecule has 1 unspecified atom stereocenters. The summed E-state index contributed by atoms with van der Waals surface area (Å²) in [7, 11) is 3.27. The van der Waals surface area contributed by atoms with Crippen LogP contribution in [-0.4, -0.2) is 45.0 Å². The maximum absolute atomic E-state index is 5.44. The Morgan fingerprint density at radius 2 is 1.87 bits per heavy atom. The van der Waals surface area contributed by atoms with Gasteiger partial charge in [0, 0.05) is 28.6 Å². The molecule has 0 bridgehead atoms. The maximum Gasteiger partial charge on any atom is 0.212 e. The Morgan fingerprint density at radius 3 is 2.68 bits per heavy atom. The molecule has 0 amide bonds. The summed E-state index contributed by atoms with van der Waals surface area (Å²) in [5.41, 5.74) is 5.48. The highest BCUT2D eigenvalue weighted by atomic mass is 32.2. The number of nitrogens with one attached hydrogen (secondary N) is 1. The van der Waals surface area contributed by atoms with Crippen molar-refractivity contribution < 1.29 is 9.47 Å². The fraction of sp³-hybridized carbons (Fsp3) is 0.261. The van der Waals surface area contributed by atoms with Crippen LogP contribution in [0.5, 0.6) is 11.5 Å². The van der Waals surface area contributed by atoms with Crippen LogP contribution in [0.3, 0.4) is 0 Å². The summed E-state index contributed by atoms with van der Waals surface area (Å²) in [6.45, 7) is 4.26. The van der Waals surface area contributed by atoms with Gasteiger partial charge in [-0.1, -0.05) is 36.0 Å². The number of rotatable bonds is 5. The highest BCUT2D eigenvalue weighted by Crippen LogP contribution is 2.34. The molecule has 1 aliphatic rings. The zero-order valence-electron chi connectivity index (χ0n) is 17.8. The first kappa shape index (κ1) is 19.7. The van der Waals surface area contributed by atoms with Crippen LogP contribution in [0.4, 0.5) is 0 Å². The van der Waals surface area contributed by atoms with E-state index in [-0.39, 0.29) is 5.25 Å². The molecule has 158 valence electrons. The molecule has 1 aliphatic heterocycles. The standard InChI is InChI=1S/C23H23N5O2S/c1-13-21(16-7-5-6-8-17(16)24-13)22-14(2)31-23-26-25-20(28(23)27-22)12-15-9-10-18(29-3)19(11-15)30-4/h5-11,14,24H,12H2,1-4H3. The van der Waals surface area contributed by atoms with Crippen molar-refractivity contribution in [2.24, 2.45) is 5.10 Å². The molecule has 31 heavy (non-hydrogen) atoms. The molecule has 4 aromatic rings. The van der Waals surface area contributed by atoms with Gasteiger partial charge in [-0.2, -0.15) is 9.78 Å². The van der Waals surface area contributed by atoms with Crippen LogP contribution in [-0.2, 0) is 6.42 Å². The lowest BCUT2D eigenvalue weighted by atomic mass is 10.0. The third-order valence-electron chi connectivity index (χ3n) is 5.51. The third-order valence-corrected chi connectivity index (χ3v) is 6.55. The van der Waals surface area contributed by atoms with Crippen molar-refractivity contribution in [2.45, 2.75) is 30.7 Å². The summed E-state index contributed by atoms with van der Waals surface area (Å²) in [6.07, 6.45) is 0.589. The smallest absolute Gasteiger partial charge is 0.212 e. The number of ether oxygens (including phenoxy) is 2. The molecule has 1 atom stereocenters. The molecule has 0 radical (unpaired) electrons. The summed E-state index contributed by atoms with van der Waals surface area (Å²) in [6, 6.07) is 14.2. The quantitative estimate of drug-likeness (QED) is 0.504. The minimum atomic E-state index is 0.170. The number of thioether (sulfide) groups is 1. The molecule has 0 saturated carbocycles. The fourth-order valence-corrected chi connectivity index (χ4v) is 4.94. The monoisotopic (exact) mass is 433 g/mol. The highest BCUT2D eigenvalue weighted by molar-refractivity contribution is 8.00. The predicted molar refractivity (Wildman–Crippen MR) is 123 cm³/mol. The van der Waals surface area contributed by atoms with Gasteiger partial charge >= 0.3 is 0 Å². The van der Waals surface area contributed by atoms with Crippen LogP contribution in [0.1, 0.15) is 29.6 Å². The average molecular weight is 434 g/mol. The van der Waals surface area contributed by atoms with Gasteiger partial charge in [-0.25, -0.2) is 0 Å². The van der Waals surface area contributed by atoms with Gasteiger partial charge in [0.05, 0.1) is 25.2 Å². The van der Waals surface area contributed by atoms with Gasteiger partial charge < -0.3 is 14.5 Å². The Hall–Kier alpha value is -3.26.